The fourth-order valence-corrected chi connectivity index (χ4v) is 2.91. The Morgan fingerprint density at radius 3 is 2.74 bits per heavy atom. The maximum absolute atomic E-state index is 6.06. The third kappa shape index (κ3) is 1.93. The minimum atomic E-state index is 0.381. The number of anilines is 1. The van der Waals surface area contributed by atoms with Crippen LogP contribution in [0.1, 0.15) is 32.6 Å². The van der Waals surface area contributed by atoms with Gasteiger partial charge in [-0.25, -0.2) is 4.98 Å². The summed E-state index contributed by atoms with van der Waals surface area (Å²) in [5, 5.41) is 0. The van der Waals surface area contributed by atoms with Gasteiger partial charge in [-0.05, 0) is 30.7 Å². The Kier molecular flexibility index (Phi) is 2.84. The zero-order chi connectivity index (χ0) is 13.5. The molecule has 0 saturated heterocycles. The van der Waals surface area contributed by atoms with E-state index in [-0.39, 0.29) is 0 Å². The summed E-state index contributed by atoms with van der Waals surface area (Å²) in [7, 11) is 1.62. The summed E-state index contributed by atoms with van der Waals surface area (Å²) in [6, 6.07) is 3.73. The molecule has 3 rings (SSSR count). The normalized spacial score (nSPS) is 17.4. The molecule has 1 aliphatic rings. The first-order valence-electron chi connectivity index (χ1n) is 6.84. The molecule has 0 amide bonds. The molecular formula is C14H20N4O. The Labute approximate surface area is 112 Å². The lowest BCUT2D eigenvalue weighted by atomic mass is 9.67. The average molecular weight is 260 g/mol. The van der Waals surface area contributed by atoms with E-state index in [9.17, 15) is 0 Å². The molecule has 1 aliphatic carbocycles. The molecule has 0 aromatic carbocycles. The molecule has 102 valence electrons. The van der Waals surface area contributed by atoms with Gasteiger partial charge in [0, 0.05) is 12.6 Å². The van der Waals surface area contributed by atoms with Crippen molar-refractivity contribution in [2.45, 2.75) is 39.2 Å². The molecule has 2 heterocycles. The van der Waals surface area contributed by atoms with Crippen molar-refractivity contribution >= 4 is 17.1 Å². The lowest BCUT2D eigenvalue weighted by molar-refractivity contribution is 0.103. The lowest BCUT2D eigenvalue weighted by Gasteiger charge is -2.41. The van der Waals surface area contributed by atoms with Crippen molar-refractivity contribution in [3.05, 3.63) is 12.1 Å². The fourth-order valence-electron chi connectivity index (χ4n) is 2.91. The molecule has 0 spiro atoms. The third-order valence-corrected chi connectivity index (χ3v) is 4.46. The molecule has 0 atom stereocenters. The second-order valence-electron chi connectivity index (χ2n) is 5.46. The summed E-state index contributed by atoms with van der Waals surface area (Å²) in [5.41, 5.74) is 8.11. The van der Waals surface area contributed by atoms with Gasteiger partial charge in [-0.3, -0.25) is 4.57 Å². The number of nitrogens with two attached hydrogens (primary N) is 1. The molecular weight excluding hydrogens is 240 g/mol. The van der Waals surface area contributed by atoms with Gasteiger partial charge in [0.25, 0.3) is 0 Å². The Bertz CT molecular complexity index is 595. The minimum Gasteiger partial charge on any atom is -0.481 e. The summed E-state index contributed by atoms with van der Waals surface area (Å²) in [6.07, 6.45) is 5.03. The quantitative estimate of drug-likeness (QED) is 0.917. The maximum Gasteiger partial charge on any atom is 0.215 e. The van der Waals surface area contributed by atoms with Crippen LogP contribution in [0.25, 0.3) is 11.2 Å². The summed E-state index contributed by atoms with van der Waals surface area (Å²) >= 11 is 0. The van der Waals surface area contributed by atoms with Gasteiger partial charge in [-0.1, -0.05) is 13.3 Å². The van der Waals surface area contributed by atoms with E-state index in [0.717, 1.165) is 17.7 Å². The second kappa shape index (κ2) is 4.40. The Balaban J connectivity index is 2.04. The first-order chi connectivity index (χ1) is 9.17. The van der Waals surface area contributed by atoms with Gasteiger partial charge in [-0.2, -0.15) is 4.98 Å². The molecule has 1 saturated carbocycles. The van der Waals surface area contributed by atoms with Crippen LogP contribution in [0.5, 0.6) is 5.88 Å². The molecule has 0 bridgehead atoms. The number of fused-ring (bicyclic) bond motifs is 1. The largest absolute Gasteiger partial charge is 0.481 e. The molecule has 0 aliphatic heterocycles. The highest BCUT2D eigenvalue weighted by Gasteiger charge is 2.36. The predicted molar refractivity (Wildman–Crippen MR) is 75.1 cm³/mol. The standard InChI is InChI=1S/C14H20N4O/c1-3-14(7-4-8-14)9-18-12-10(16-13(18)15)5-6-11(17-12)19-2/h5-6H,3-4,7-9H2,1-2H3,(H2,15,16). The van der Waals surface area contributed by atoms with E-state index in [1.165, 1.54) is 25.7 Å². The topological polar surface area (TPSA) is 66.0 Å². The van der Waals surface area contributed by atoms with E-state index < -0.39 is 0 Å². The highest BCUT2D eigenvalue weighted by atomic mass is 16.5. The molecule has 1 fully saturated rings. The summed E-state index contributed by atoms with van der Waals surface area (Å²) < 4.78 is 7.23. The van der Waals surface area contributed by atoms with Crippen LogP contribution in [0.3, 0.4) is 0 Å². The Morgan fingerprint density at radius 2 is 2.16 bits per heavy atom. The van der Waals surface area contributed by atoms with Crippen LogP contribution in [0.4, 0.5) is 5.95 Å². The van der Waals surface area contributed by atoms with E-state index in [1.54, 1.807) is 7.11 Å². The van der Waals surface area contributed by atoms with Crippen LogP contribution < -0.4 is 10.5 Å². The number of methoxy groups -OCH3 is 1. The molecule has 5 nitrogen and oxygen atoms in total. The molecule has 2 aromatic rings. The van der Waals surface area contributed by atoms with Crippen LogP contribution in [0.15, 0.2) is 12.1 Å². The van der Waals surface area contributed by atoms with Crippen LogP contribution in [0, 0.1) is 5.41 Å². The van der Waals surface area contributed by atoms with Crippen molar-refractivity contribution in [2.75, 3.05) is 12.8 Å². The number of hydrogen-bond donors (Lipinski definition) is 1. The number of imidazole rings is 1. The predicted octanol–water partition coefficient (Wildman–Crippen LogP) is 2.60. The molecule has 19 heavy (non-hydrogen) atoms. The molecule has 5 heteroatoms. The highest BCUT2D eigenvalue weighted by molar-refractivity contribution is 5.74. The lowest BCUT2D eigenvalue weighted by Crippen LogP contribution is -2.33. The number of nitrogens with zero attached hydrogens (tertiary/aromatic N) is 3. The van der Waals surface area contributed by atoms with Gasteiger partial charge >= 0.3 is 0 Å². The van der Waals surface area contributed by atoms with Crippen LogP contribution >= 0.6 is 0 Å². The van der Waals surface area contributed by atoms with Crippen molar-refractivity contribution in [1.82, 2.24) is 14.5 Å². The van der Waals surface area contributed by atoms with Crippen molar-refractivity contribution < 1.29 is 4.74 Å². The van der Waals surface area contributed by atoms with Crippen molar-refractivity contribution in [1.29, 1.82) is 0 Å². The highest BCUT2D eigenvalue weighted by Crippen LogP contribution is 2.45. The van der Waals surface area contributed by atoms with Gasteiger partial charge in [0.1, 0.15) is 5.52 Å². The van der Waals surface area contributed by atoms with Gasteiger partial charge in [0.2, 0.25) is 11.8 Å². The average Bonchev–Trinajstić information content (AvgIpc) is 2.69. The summed E-state index contributed by atoms with van der Waals surface area (Å²) in [4.78, 5) is 8.88. The maximum atomic E-state index is 6.06. The van der Waals surface area contributed by atoms with E-state index in [0.29, 0.717) is 17.2 Å². The molecule has 0 radical (unpaired) electrons. The third-order valence-electron chi connectivity index (χ3n) is 4.46. The van der Waals surface area contributed by atoms with E-state index in [1.807, 2.05) is 16.7 Å². The monoisotopic (exact) mass is 260 g/mol. The SMILES string of the molecule is CCC1(Cn2c(N)nc3ccc(OC)nc32)CCC1. The van der Waals surface area contributed by atoms with Gasteiger partial charge in [-0.15, -0.1) is 0 Å². The number of hydrogen-bond acceptors (Lipinski definition) is 4. The first kappa shape index (κ1) is 12.3. The van der Waals surface area contributed by atoms with Crippen molar-refractivity contribution in [3.8, 4) is 5.88 Å². The number of nitrogen functional groups attached to an aromatic ring is 1. The first-order valence-corrected chi connectivity index (χ1v) is 6.84. The zero-order valence-electron chi connectivity index (χ0n) is 11.5. The van der Waals surface area contributed by atoms with E-state index in [2.05, 4.69) is 16.9 Å². The summed E-state index contributed by atoms with van der Waals surface area (Å²) in [6.45, 7) is 3.16. The second-order valence-corrected chi connectivity index (χ2v) is 5.46. The van der Waals surface area contributed by atoms with Crippen LogP contribution in [-0.4, -0.2) is 21.6 Å². The smallest absolute Gasteiger partial charge is 0.215 e. The number of aromatic nitrogens is 3. The van der Waals surface area contributed by atoms with Crippen molar-refractivity contribution in [2.24, 2.45) is 5.41 Å². The van der Waals surface area contributed by atoms with E-state index >= 15 is 0 Å². The van der Waals surface area contributed by atoms with Crippen LogP contribution in [-0.2, 0) is 6.54 Å². The Hall–Kier alpha value is -1.78. The summed E-state index contributed by atoms with van der Waals surface area (Å²) in [5.74, 6) is 1.16. The fraction of sp³-hybridized carbons (Fsp3) is 0.571. The number of rotatable bonds is 4. The van der Waals surface area contributed by atoms with Crippen LogP contribution in [0.2, 0.25) is 0 Å². The number of pyridine rings is 1. The molecule has 2 aromatic heterocycles. The van der Waals surface area contributed by atoms with Gasteiger partial charge < -0.3 is 10.5 Å². The molecule has 2 N–H and O–H groups in total. The molecule has 0 unspecified atom stereocenters. The van der Waals surface area contributed by atoms with Gasteiger partial charge in [0.15, 0.2) is 5.65 Å². The van der Waals surface area contributed by atoms with Crippen molar-refractivity contribution in [3.63, 3.8) is 0 Å². The Morgan fingerprint density at radius 1 is 1.37 bits per heavy atom. The number of ether oxygens (including phenoxy) is 1. The zero-order valence-corrected chi connectivity index (χ0v) is 11.5. The minimum absolute atomic E-state index is 0.381. The van der Waals surface area contributed by atoms with Gasteiger partial charge in [0.05, 0.1) is 7.11 Å². The van der Waals surface area contributed by atoms with E-state index in [4.69, 9.17) is 10.5 Å².